The van der Waals surface area contributed by atoms with Crippen molar-refractivity contribution in [3.05, 3.63) is 54.4 Å². The molecule has 126 valence electrons. The van der Waals surface area contributed by atoms with Crippen molar-refractivity contribution in [2.45, 2.75) is 19.6 Å². The number of amides is 1. The third kappa shape index (κ3) is 3.03. The Bertz CT molecular complexity index is 918. The summed E-state index contributed by atoms with van der Waals surface area (Å²) in [6, 6.07) is 12.2. The first-order chi connectivity index (χ1) is 12.0. The van der Waals surface area contributed by atoms with E-state index in [2.05, 4.69) is 15.5 Å². The summed E-state index contributed by atoms with van der Waals surface area (Å²) in [5.74, 6) is 0.821. The van der Waals surface area contributed by atoms with Crippen LogP contribution in [0.3, 0.4) is 0 Å². The second-order valence-corrected chi connectivity index (χ2v) is 6.05. The van der Waals surface area contributed by atoms with Gasteiger partial charge in [-0.15, -0.1) is 0 Å². The number of fused-ring (bicyclic) bond motifs is 1. The highest BCUT2D eigenvalue weighted by molar-refractivity contribution is 6.04. The highest BCUT2D eigenvalue weighted by Gasteiger charge is 2.31. The second-order valence-electron chi connectivity index (χ2n) is 6.05. The first-order valence-corrected chi connectivity index (χ1v) is 7.70. The van der Waals surface area contributed by atoms with Gasteiger partial charge in [0, 0.05) is 36.7 Å². The molecule has 0 unspecified atom stereocenters. The summed E-state index contributed by atoms with van der Waals surface area (Å²) < 4.78 is 16.0. The monoisotopic (exact) mass is 337 g/mol. The highest BCUT2D eigenvalue weighted by atomic mass is 16.7. The third-order valence-electron chi connectivity index (χ3n) is 3.68. The molecule has 0 bridgehead atoms. The Hall–Kier alpha value is -3.35. The molecule has 7 heteroatoms. The molecule has 7 nitrogen and oxygen atoms in total. The van der Waals surface area contributed by atoms with Crippen LogP contribution in [0.15, 0.2) is 53.4 Å². The van der Waals surface area contributed by atoms with Gasteiger partial charge in [0.2, 0.25) is 18.0 Å². The molecule has 0 saturated heterocycles. The predicted octanol–water partition coefficient (Wildman–Crippen LogP) is 3.50. The van der Waals surface area contributed by atoms with Crippen LogP contribution < -0.4 is 14.8 Å². The molecule has 1 aliphatic heterocycles. The molecule has 0 radical (unpaired) electrons. The molecule has 0 spiro atoms. The van der Waals surface area contributed by atoms with Gasteiger partial charge < -0.3 is 19.3 Å². The Kier molecular flexibility index (Phi) is 3.42. The molecule has 4 rings (SSSR count). The van der Waals surface area contributed by atoms with Gasteiger partial charge in [-0.2, -0.15) is 4.98 Å². The van der Waals surface area contributed by atoms with E-state index in [1.807, 2.05) is 13.8 Å². The number of nitrogens with zero attached hydrogens (tertiary/aromatic N) is 2. The lowest BCUT2D eigenvalue weighted by atomic mass is 10.1. The van der Waals surface area contributed by atoms with E-state index in [4.69, 9.17) is 14.0 Å². The number of ether oxygens (including phenoxy) is 2. The maximum absolute atomic E-state index is 12.4. The predicted molar refractivity (Wildman–Crippen MR) is 89.5 cm³/mol. The summed E-state index contributed by atoms with van der Waals surface area (Å²) in [5.41, 5.74) is 1.92. The molecule has 1 aromatic heterocycles. The number of nitrogens with one attached hydrogen (secondary N) is 1. The van der Waals surface area contributed by atoms with E-state index in [9.17, 15) is 4.79 Å². The zero-order valence-corrected chi connectivity index (χ0v) is 13.6. The summed E-state index contributed by atoms with van der Waals surface area (Å²) in [4.78, 5) is 16.4. The molecule has 1 amide bonds. The van der Waals surface area contributed by atoms with Gasteiger partial charge in [-0.05, 0) is 24.3 Å². The molecular weight excluding hydrogens is 322 g/mol. The summed E-state index contributed by atoms with van der Waals surface area (Å²) >= 11 is 0. The summed E-state index contributed by atoms with van der Waals surface area (Å²) in [6.45, 7) is 3.66. The van der Waals surface area contributed by atoms with Crippen molar-refractivity contribution < 1.29 is 18.8 Å². The van der Waals surface area contributed by atoms with E-state index in [1.54, 1.807) is 42.5 Å². The lowest BCUT2D eigenvalue weighted by Crippen LogP contribution is -2.29. The number of hydrogen-bond donors (Lipinski definition) is 1. The van der Waals surface area contributed by atoms with Crippen LogP contribution in [-0.4, -0.2) is 21.8 Å². The Balaban J connectivity index is 1.49. The van der Waals surface area contributed by atoms with Crippen LogP contribution in [0.1, 0.15) is 24.2 Å². The smallest absolute Gasteiger partial charge is 0.255 e. The molecule has 2 aromatic carbocycles. The fraction of sp³-hybridized carbons (Fsp3) is 0.167. The normalized spacial score (nSPS) is 14.3. The second kappa shape index (κ2) is 5.62. The minimum absolute atomic E-state index is 0.224. The van der Waals surface area contributed by atoms with Crippen LogP contribution in [-0.2, 0) is 0 Å². The molecule has 2 heterocycles. The topological polar surface area (TPSA) is 86.5 Å². The molecule has 0 atom stereocenters. The van der Waals surface area contributed by atoms with Gasteiger partial charge in [0.15, 0.2) is 11.5 Å². The van der Waals surface area contributed by atoms with Gasteiger partial charge in [0.25, 0.3) is 5.91 Å². The standard InChI is InChI=1S/C18H15N3O4/c1-18(2)24-14-8-7-13(9-15(14)25-18)20-17(22)12-5-3-11(4-6-12)16-19-10-23-21-16/h3-10H,1-2H3,(H,20,22). The van der Waals surface area contributed by atoms with E-state index >= 15 is 0 Å². The van der Waals surface area contributed by atoms with Crippen molar-refractivity contribution in [2.75, 3.05) is 5.32 Å². The number of anilines is 1. The number of benzene rings is 2. The van der Waals surface area contributed by atoms with Crippen LogP contribution in [0.2, 0.25) is 0 Å². The van der Waals surface area contributed by atoms with Gasteiger partial charge in [-0.25, -0.2) is 0 Å². The minimum atomic E-state index is -0.698. The van der Waals surface area contributed by atoms with Crippen LogP contribution >= 0.6 is 0 Å². The van der Waals surface area contributed by atoms with Crippen LogP contribution in [0.25, 0.3) is 11.4 Å². The van der Waals surface area contributed by atoms with Gasteiger partial charge >= 0.3 is 0 Å². The average molecular weight is 337 g/mol. The molecule has 0 saturated carbocycles. The number of aromatic nitrogens is 2. The summed E-state index contributed by atoms with van der Waals surface area (Å²) in [6.07, 6.45) is 1.26. The minimum Gasteiger partial charge on any atom is -0.449 e. The summed E-state index contributed by atoms with van der Waals surface area (Å²) in [7, 11) is 0. The van der Waals surface area contributed by atoms with E-state index in [0.29, 0.717) is 28.6 Å². The molecule has 0 aliphatic carbocycles. The summed E-state index contributed by atoms with van der Waals surface area (Å²) in [5, 5.41) is 6.61. The Morgan fingerprint density at radius 3 is 2.52 bits per heavy atom. The first-order valence-electron chi connectivity index (χ1n) is 7.70. The number of carbonyl (C=O) groups is 1. The quantitative estimate of drug-likeness (QED) is 0.787. The van der Waals surface area contributed by atoms with E-state index < -0.39 is 5.79 Å². The Morgan fingerprint density at radius 1 is 1.04 bits per heavy atom. The lowest BCUT2D eigenvalue weighted by Gasteiger charge is -2.16. The van der Waals surface area contributed by atoms with Crippen molar-refractivity contribution >= 4 is 11.6 Å². The van der Waals surface area contributed by atoms with Crippen molar-refractivity contribution in [1.82, 2.24) is 10.1 Å². The van der Waals surface area contributed by atoms with Crippen molar-refractivity contribution in [1.29, 1.82) is 0 Å². The molecule has 0 fully saturated rings. The van der Waals surface area contributed by atoms with Gasteiger partial charge in [-0.3, -0.25) is 4.79 Å². The molecule has 1 aliphatic rings. The molecular formula is C18H15N3O4. The lowest BCUT2D eigenvalue weighted by molar-refractivity contribution is -0.0431. The zero-order chi connectivity index (χ0) is 17.4. The Morgan fingerprint density at radius 2 is 1.80 bits per heavy atom. The molecule has 1 N–H and O–H groups in total. The van der Waals surface area contributed by atoms with Crippen LogP contribution in [0.5, 0.6) is 11.5 Å². The maximum Gasteiger partial charge on any atom is 0.255 e. The van der Waals surface area contributed by atoms with Crippen LogP contribution in [0, 0.1) is 0 Å². The molecule has 25 heavy (non-hydrogen) atoms. The van der Waals surface area contributed by atoms with E-state index in [0.717, 1.165) is 5.56 Å². The van der Waals surface area contributed by atoms with Crippen molar-refractivity contribution in [3.8, 4) is 22.9 Å². The molecule has 3 aromatic rings. The number of carbonyl (C=O) groups excluding carboxylic acids is 1. The number of hydrogen-bond acceptors (Lipinski definition) is 6. The van der Waals surface area contributed by atoms with Gasteiger partial charge in [-0.1, -0.05) is 17.3 Å². The zero-order valence-electron chi connectivity index (χ0n) is 13.6. The maximum atomic E-state index is 12.4. The van der Waals surface area contributed by atoms with Crippen molar-refractivity contribution in [3.63, 3.8) is 0 Å². The van der Waals surface area contributed by atoms with Gasteiger partial charge in [0.1, 0.15) is 0 Å². The van der Waals surface area contributed by atoms with E-state index in [1.165, 1.54) is 6.39 Å². The van der Waals surface area contributed by atoms with Crippen molar-refractivity contribution in [2.24, 2.45) is 0 Å². The largest absolute Gasteiger partial charge is 0.449 e. The first kappa shape index (κ1) is 15.2. The Labute approximate surface area is 143 Å². The van der Waals surface area contributed by atoms with E-state index in [-0.39, 0.29) is 5.91 Å². The average Bonchev–Trinajstić information content (AvgIpc) is 3.21. The van der Waals surface area contributed by atoms with Gasteiger partial charge in [0.05, 0.1) is 0 Å². The third-order valence-corrected chi connectivity index (χ3v) is 3.68. The fourth-order valence-corrected chi connectivity index (χ4v) is 2.57. The fourth-order valence-electron chi connectivity index (χ4n) is 2.57. The van der Waals surface area contributed by atoms with Crippen LogP contribution in [0.4, 0.5) is 5.69 Å². The number of rotatable bonds is 3. The highest BCUT2D eigenvalue weighted by Crippen LogP contribution is 2.40. The SMILES string of the molecule is CC1(C)Oc2ccc(NC(=O)c3ccc(-c4ncon4)cc3)cc2O1.